The topological polar surface area (TPSA) is 0 Å². The quantitative estimate of drug-likeness (QED) is 0.578. The fraction of sp³-hybridized carbons (Fsp3) is 1.00. The second-order valence-electron chi connectivity index (χ2n) is 3.78. The van der Waals surface area contributed by atoms with E-state index in [-0.39, 0.29) is 0 Å². The molecule has 0 fully saturated rings. The molecule has 6 heteroatoms. The Labute approximate surface area is 71.9 Å². The van der Waals surface area contributed by atoms with Crippen molar-refractivity contribution in [1.82, 2.24) is 0 Å². The lowest BCUT2D eigenvalue weighted by molar-refractivity contribution is -0.270. The molecular weight excluding hydrogens is 198 g/mol. The molecule has 0 rings (SSSR count). The summed E-state index contributed by atoms with van der Waals surface area (Å²) in [5, 5.41) is 0. The molecule has 0 aromatic heterocycles. The molecule has 0 aliphatic carbocycles. The maximum atomic E-state index is 12.7. The number of alkyl halides is 6. The summed E-state index contributed by atoms with van der Waals surface area (Å²) in [5.41, 5.74) is -2.05. The van der Waals surface area contributed by atoms with E-state index in [1.54, 1.807) is 0 Å². The van der Waals surface area contributed by atoms with Crippen LogP contribution in [0.2, 0.25) is 0 Å². The zero-order chi connectivity index (χ0) is 11.1. The first-order valence-electron chi connectivity index (χ1n) is 3.49. The van der Waals surface area contributed by atoms with Crippen LogP contribution >= 0.6 is 0 Å². The summed E-state index contributed by atoms with van der Waals surface area (Å²) in [6.45, 7) is 2.56. The number of halogens is 6. The molecule has 13 heavy (non-hydrogen) atoms. The molecule has 0 aliphatic rings. The van der Waals surface area contributed by atoms with Gasteiger partial charge in [0.05, 0.1) is 0 Å². The Kier molecular flexibility index (Phi) is 2.96. The molecule has 0 nitrogen and oxygen atoms in total. The van der Waals surface area contributed by atoms with E-state index in [4.69, 9.17) is 0 Å². The lowest BCUT2D eigenvalue weighted by Gasteiger charge is -2.33. The smallest absolute Gasteiger partial charge is 0.231 e. The standard InChI is InChI=1S/C7H10F6/c1-5(2,3)6(9,10)4(8)7(11,12)13/h4H,1-3H3. The first kappa shape index (κ1) is 12.6. The Balaban J connectivity index is 4.86. The number of hydrogen-bond donors (Lipinski definition) is 0. The van der Waals surface area contributed by atoms with Gasteiger partial charge in [0, 0.05) is 5.41 Å². The summed E-state index contributed by atoms with van der Waals surface area (Å²) in [6, 6.07) is 0. The van der Waals surface area contributed by atoms with Gasteiger partial charge in [-0.2, -0.15) is 13.2 Å². The van der Waals surface area contributed by atoms with Gasteiger partial charge >= 0.3 is 6.18 Å². The lowest BCUT2D eigenvalue weighted by atomic mass is 9.85. The van der Waals surface area contributed by atoms with E-state index in [2.05, 4.69) is 0 Å². The predicted octanol–water partition coefficient (Wildman–Crippen LogP) is 3.57. The molecule has 0 N–H and O–H groups in total. The summed E-state index contributed by atoms with van der Waals surface area (Å²) in [7, 11) is 0. The third kappa shape index (κ3) is 2.51. The second-order valence-corrected chi connectivity index (χ2v) is 3.78. The zero-order valence-electron chi connectivity index (χ0n) is 7.35. The Morgan fingerprint density at radius 1 is 0.846 bits per heavy atom. The summed E-state index contributed by atoms with van der Waals surface area (Å²) < 4.78 is 72.6. The Bertz CT molecular complexity index is 174. The van der Waals surface area contributed by atoms with Crippen molar-refractivity contribution in [2.75, 3.05) is 0 Å². The van der Waals surface area contributed by atoms with E-state index in [1.165, 1.54) is 0 Å². The first-order chi connectivity index (χ1) is 5.40. The van der Waals surface area contributed by atoms with Gasteiger partial charge in [-0.3, -0.25) is 0 Å². The van der Waals surface area contributed by atoms with Crippen LogP contribution in [0.25, 0.3) is 0 Å². The van der Waals surface area contributed by atoms with Crippen LogP contribution < -0.4 is 0 Å². The van der Waals surface area contributed by atoms with Gasteiger partial charge in [0.2, 0.25) is 0 Å². The van der Waals surface area contributed by atoms with Gasteiger partial charge in [-0.05, 0) is 0 Å². The predicted molar refractivity (Wildman–Crippen MR) is 35.4 cm³/mol. The highest BCUT2D eigenvalue weighted by Crippen LogP contribution is 2.45. The maximum Gasteiger partial charge on any atom is 0.425 e. The van der Waals surface area contributed by atoms with Crippen molar-refractivity contribution in [3.05, 3.63) is 0 Å². The van der Waals surface area contributed by atoms with Crippen molar-refractivity contribution in [3.63, 3.8) is 0 Å². The molecule has 0 saturated heterocycles. The average molecular weight is 208 g/mol. The molecule has 1 atom stereocenters. The summed E-state index contributed by atoms with van der Waals surface area (Å²) in [4.78, 5) is 0. The molecular formula is C7H10F6. The minimum Gasteiger partial charge on any atom is -0.231 e. The van der Waals surface area contributed by atoms with Crippen LogP contribution in [-0.4, -0.2) is 18.3 Å². The fourth-order valence-electron chi connectivity index (χ4n) is 0.586. The van der Waals surface area contributed by atoms with Crippen LogP contribution in [0.3, 0.4) is 0 Å². The van der Waals surface area contributed by atoms with Gasteiger partial charge in [-0.25, -0.2) is 13.2 Å². The molecule has 0 heterocycles. The van der Waals surface area contributed by atoms with Gasteiger partial charge in [0.25, 0.3) is 12.1 Å². The Morgan fingerprint density at radius 2 is 1.15 bits per heavy atom. The Morgan fingerprint density at radius 3 is 1.23 bits per heavy atom. The SMILES string of the molecule is CC(C)(C)C(F)(F)C(F)C(F)(F)F. The maximum absolute atomic E-state index is 12.7. The van der Waals surface area contributed by atoms with Crippen LogP contribution in [-0.2, 0) is 0 Å². The van der Waals surface area contributed by atoms with Crippen LogP contribution in [0.1, 0.15) is 20.8 Å². The van der Waals surface area contributed by atoms with Crippen LogP contribution in [0.15, 0.2) is 0 Å². The van der Waals surface area contributed by atoms with E-state index in [1.807, 2.05) is 0 Å². The highest BCUT2D eigenvalue weighted by molar-refractivity contribution is 4.91. The lowest BCUT2D eigenvalue weighted by Crippen LogP contribution is -2.49. The monoisotopic (exact) mass is 208 g/mol. The molecule has 1 unspecified atom stereocenters. The van der Waals surface area contributed by atoms with Gasteiger partial charge in [0.1, 0.15) is 0 Å². The molecule has 0 bridgehead atoms. The highest BCUT2D eigenvalue weighted by atomic mass is 19.4. The average Bonchev–Trinajstić information content (AvgIpc) is 1.81. The van der Waals surface area contributed by atoms with Crippen LogP contribution in [0.4, 0.5) is 26.3 Å². The molecule has 0 radical (unpaired) electrons. The molecule has 0 aliphatic heterocycles. The molecule has 80 valence electrons. The third-order valence-electron chi connectivity index (χ3n) is 1.61. The van der Waals surface area contributed by atoms with Gasteiger partial charge in [0.15, 0.2) is 0 Å². The van der Waals surface area contributed by atoms with E-state index in [0.717, 1.165) is 20.8 Å². The van der Waals surface area contributed by atoms with Gasteiger partial charge < -0.3 is 0 Å². The summed E-state index contributed by atoms with van der Waals surface area (Å²) >= 11 is 0. The van der Waals surface area contributed by atoms with Crippen molar-refractivity contribution in [2.24, 2.45) is 5.41 Å². The first-order valence-corrected chi connectivity index (χ1v) is 3.49. The minimum atomic E-state index is -5.52. The number of rotatable bonds is 1. The van der Waals surface area contributed by atoms with E-state index in [0.29, 0.717) is 0 Å². The van der Waals surface area contributed by atoms with Gasteiger partial charge in [-0.1, -0.05) is 20.8 Å². The highest BCUT2D eigenvalue weighted by Gasteiger charge is 2.61. The third-order valence-corrected chi connectivity index (χ3v) is 1.61. The molecule has 0 spiro atoms. The van der Waals surface area contributed by atoms with Crippen LogP contribution in [0.5, 0.6) is 0 Å². The van der Waals surface area contributed by atoms with E-state index < -0.39 is 23.7 Å². The molecule has 0 saturated carbocycles. The molecule has 0 aromatic rings. The number of hydrogen-bond acceptors (Lipinski definition) is 0. The Hall–Kier alpha value is -0.420. The van der Waals surface area contributed by atoms with Crippen molar-refractivity contribution in [2.45, 2.75) is 39.0 Å². The van der Waals surface area contributed by atoms with Crippen molar-refractivity contribution >= 4 is 0 Å². The van der Waals surface area contributed by atoms with Crippen molar-refractivity contribution < 1.29 is 26.3 Å². The van der Waals surface area contributed by atoms with Crippen molar-refractivity contribution in [3.8, 4) is 0 Å². The van der Waals surface area contributed by atoms with Crippen LogP contribution in [0, 0.1) is 5.41 Å². The summed E-state index contributed by atoms with van der Waals surface area (Å²) in [5.74, 6) is -4.41. The fourth-order valence-corrected chi connectivity index (χ4v) is 0.586. The second kappa shape index (κ2) is 3.06. The zero-order valence-corrected chi connectivity index (χ0v) is 7.35. The van der Waals surface area contributed by atoms with E-state index >= 15 is 0 Å². The van der Waals surface area contributed by atoms with Gasteiger partial charge in [-0.15, -0.1) is 0 Å². The summed E-state index contributed by atoms with van der Waals surface area (Å²) in [6.07, 6.45) is -9.63. The van der Waals surface area contributed by atoms with E-state index in [9.17, 15) is 26.3 Å². The van der Waals surface area contributed by atoms with Crippen molar-refractivity contribution in [1.29, 1.82) is 0 Å². The molecule has 0 amide bonds. The normalized spacial score (nSPS) is 17.3. The molecule has 0 aromatic carbocycles. The minimum absolute atomic E-state index is 0.852. The largest absolute Gasteiger partial charge is 0.425 e.